The molecular formula is C11H17N3O. The quantitative estimate of drug-likeness (QED) is 0.707. The molecule has 4 heteroatoms. The van der Waals surface area contributed by atoms with E-state index in [2.05, 4.69) is 16.9 Å². The minimum atomic E-state index is -0.790. The van der Waals surface area contributed by atoms with Crippen molar-refractivity contribution in [3.8, 4) is 0 Å². The summed E-state index contributed by atoms with van der Waals surface area (Å²) in [6, 6.07) is 5.43. The van der Waals surface area contributed by atoms with Crippen molar-refractivity contribution in [1.29, 1.82) is 0 Å². The molecule has 0 bridgehead atoms. The highest BCUT2D eigenvalue weighted by Gasteiger charge is 2.34. The molecular weight excluding hydrogens is 190 g/mol. The lowest BCUT2D eigenvalue weighted by Gasteiger charge is -2.36. The molecule has 0 atom stereocenters. The summed E-state index contributed by atoms with van der Waals surface area (Å²) in [5.41, 5.74) is 5.53. The zero-order chi connectivity index (χ0) is 10.9. The fraction of sp³-hybridized carbons (Fsp3) is 0.545. The molecule has 3 N–H and O–H groups in total. The average Bonchev–Trinajstić information content (AvgIpc) is 2.23. The van der Waals surface area contributed by atoms with Crippen LogP contribution in [-0.2, 0) is 5.60 Å². The number of nitrogens with two attached hydrogens (primary N) is 1. The number of aliphatic hydroxyl groups is 1. The summed E-state index contributed by atoms with van der Waals surface area (Å²) < 4.78 is 0. The third-order valence-corrected chi connectivity index (χ3v) is 3.06. The summed E-state index contributed by atoms with van der Waals surface area (Å²) in [4.78, 5) is 6.41. The van der Waals surface area contributed by atoms with Gasteiger partial charge in [-0.3, -0.25) is 0 Å². The first-order chi connectivity index (χ1) is 7.10. The normalized spacial score (nSPS) is 21.5. The Kier molecular flexibility index (Phi) is 2.63. The molecule has 0 saturated carbocycles. The van der Waals surface area contributed by atoms with E-state index in [1.807, 2.05) is 12.1 Å². The van der Waals surface area contributed by atoms with E-state index in [0.717, 1.165) is 25.9 Å². The minimum Gasteiger partial charge on any atom is -0.384 e. The number of aromatic nitrogens is 1. The number of piperidine rings is 1. The zero-order valence-corrected chi connectivity index (χ0v) is 8.98. The fourth-order valence-corrected chi connectivity index (χ4v) is 1.96. The van der Waals surface area contributed by atoms with Gasteiger partial charge in [-0.2, -0.15) is 0 Å². The molecule has 2 rings (SSSR count). The van der Waals surface area contributed by atoms with Gasteiger partial charge in [0.1, 0.15) is 11.4 Å². The van der Waals surface area contributed by atoms with Crippen LogP contribution in [0.2, 0.25) is 0 Å². The second kappa shape index (κ2) is 3.79. The van der Waals surface area contributed by atoms with E-state index in [9.17, 15) is 5.11 Å². The van der Waals surface area contributed by atoms with Gasteiger partial charge in [-0.25, -0.2) is 4.98 Å². The van der Waals surface area contributed by atoms with Gasteiger partial charge in [0, 0.05) is 13.1 Å². The van der Waals surface area contributed by atoms with Gasteiger partial charge in [-0.05, 0) is 32.0 Å². The lowest BCUT2D eigenvalue weighted by molar-refractivity contribution is -0.0237. The smallest absolute Gasteiger partial charge is 0.123 e. The van der Waals surface area contributed by atoms with Gasteiger partial charge in [0.15, 0.2) is 0 Å². The van der Waals surface area contributed by atoms with Crippen LogP contribution in [0.25, 0.3) is 0 Å². The van der Waals surface area contributed by atoms with Crippen LogP contribution in [-0.4, -0.2) is 35.1 Å². The standard InChI is InChI=1S/C11H17N3O/c1-14-7-5-11(15,6-8-14)9-3-2-4-10(12)13-9/h2-4,15H,5-8H2,1H3,(H2,12,13). The lowest BCUT2D eigenvalue weighted by Crippen LogP contribution is -2.41. The maximum Gasteiger partial charge on any atom is 0.123 e. The van der Waals surface area contributed by atoms with Gasteiger partial charge in [0.05, 0.1) is 5.69 Å². The predicted octanol–water partition coefficient (Wildman–Crippen LogP) is 0.577. The van der Waals surface area contributed by atoms with E-state index in [-0.39, 0.29) is 0 Å². The molecule has 1 fully saturated rings. The number of rotatable bonds is 1. The maximum atomic E-state index is 10.4. The number of likely N-dealkylation sites (tertiary alicyclic amines) is 1. The number of pyridine rings is 1. The molecule has 2 heterocycles. The first kappa shape index (κ1) is 10.4. The van der Waals surface area contributed by atoms with E-state index in [1.54, 1.807) is 6.07 Å². The zero-order valence-electron chi connectivity index (χ0n) is 8.98. The number of anilines is 1. The number of nitrogens with zero attached hydrogens (tertiary/aromatic N) is 2. The van der Waals surface area contributed by atoms with Crippen molar-refractivity contribution >= 4 is 5.82 Å². The Morgan fingerprint density at radius 3 is 2.67 bits per heavy atom. The summed E-state index contributed by atoms with van der Waals surface area (Å²) in [5.74, 6) is 0.472. The van der Waals surface area contributed by atoms with Gasteiger partial charge in [-0.15, -0.1) is 0 Å². The van der Waals surface area contributed by atoms with Crippen molar-refractivity contribution in [3.63, 3.8) is 0 Å². The second-order valence-corrected chi connectivity index (χ2v) is 4.28. The Morgan fingerprint density at radius 1 is 1.40 bits per heavy atom. The van der Waals surface area contributed by atoms with Crippen LogP contribution in [0.3, 0.4) is 0 Å². The highest BCUT2D eigenvalue weighted by atomic mass is 16.3. The van der Waals surface area contributed by atoms with Crippen LogP contribution in [0, 0.1) is 0 Å². The number of nitrogen functional groups attached to an aromatic ring is 1. The summed E-state index contributed by atoms with van der Waals surface area (Å²) in [6.45, 7) is 1.79. The van der Waals surface area contributed by atoms with Crippen LogP contribution in [0.5, 0.6) is 0 Å². The van der Waals surface area contributed by atoms with Crippen molar-refractivity contribution < 1.29 is 5.11 Å². The van der Waals surface area contributed by atoms with E-state index >= 15 is 0 Å². The minimum absolute atomic E-state index is 0.472. The van der Waals surface area contributed by atoms with Crippen molar-refractivity contribution in [1.82, 2.24) is 9.88 Å². The molecule has 4 nitrogen and oxygen atoms in total. The van der Waals surface area contributed by atoms with Gasteiger partial charge in [0.2, 0.25) is 0 Å². The molecule has 0 aliphatic carbocycles. The predicted molar refractivity (Wildman–Crippen MR) is 59.3 cm³/mol. The van der Waals surface area contributed by atoms with Gasteiger partial charge in [-0.1, -0.05) is 6.07 Å². The van der Waals surface area contributed by atoms with Gasteiger partial charge >= 0.3 is 0 Å². The highest BCUT2D eigenvalue weighted by Crippen LogP contribution is 2.31. The van der Waals surface area contributed by atoms with Crippen LogP contribution >= 0.6 is 0 Å². The van der Waals surface area contributed by atoms with Crippen LogP contribution in [0.4, 0.5) is 5.82 Å². The Morgan fingerprint density at radius 2 is 2.07 bits per heavy atom. The molecule has 0 unspecified atom stereocenters. The maximum absolute atomic E-state index is 10.4. The lowest BCUT2D eigenvalue weighted by atomic mass is 9.88. The fourth-order valence-electron chi connectivity index (χ4n) is 1.96. The molecule has 0 radical (unpaired) electrons. The molecule has 0 spiro atoms. The van der Waals surface area contributed by atoms with E-state index in [0.29, 0.717) is 11.5 Å². The second-order valence-electron chi connectivity index (χ2n) is 4.28. The summed E-state index contributed by atoms with van der Waals surface area (Å²) >= 11 is 0. The van der Waals surface area contributed by atoms with E-state index in [1.165, 1.54) is 0 Å². The molecule has 1 aromatic heterocycles. The Bertz CT molecular complexity index is 345. The highest BCUT2D eigenvalue weighted by molar-refractivity contribution is 5.31. The summed E-state index contributed by atoms with van der Waals surface area (Å²) in [5, 5.41) is 10.4. The Labute approximate surface area is 89.7 Å². The first-order valence-corrected chi connectivity index (χ1v) is 5.24. The largest absolute Gasteiger partial charge is 0.384 e. The molecule has 1 saturated heterocycles. The molecule has 15 heavy (non-hydrogen) atoms. The van der Waals surface area contributed by atoms with Crippen LogP contribution < -0.4 is 5.73 Å². The number of hydrogen-bond donors (Lipinski definition) is 2. The molecule has 1 aliphatic heterocycles. The topological polar surface area (TPSA) is 62.4 Å². The molecule has 0 amide bonds. The third kappa shape index (κ3) is 2.11. The van der Waals surface area contributed by atoms with Gasteiger partial charge in [0.25, 0.3) is 0 Å². The summed E-state index contributed by atoms with van der Waals surface area (Å²) in [7, 11) is 2.06. The molecule has 1 aromatic rings. The molecule has 82 valence electrons. The van der Waals surface area contributed by atoms with Crippen molar-refractivity contribution in [2.45, 2.75) is 18.4 Å². The third-order valence-electron chi connectivity index (χ3n) is 3.06. The van der Waals surface area contributed by atoms with E-state index < -0.39 is 5.60 Å². The van der Waals surface area contributed by atoms with Crippen LogP contribution in [0.1, 0.15) is 18.5 Å². The monoisotopic (exact) mass is 207 g/mol. The van der Waals surface area contributed by atoms with Crippen molar-refractivity contribution in [2.75, 3.05) is 25.9 Å². The number of hydrogen-bond acceptors (Lipinski definition) is 4. The van der Waals surface area contributed by atoms with Crippen molar-refractivity contribution in [2.24, 2.45) is 0 Å². The molecule has 0 aromatic carbocycles. The SMILES string of the molecule is CN1CCC(O)(c2cccc(N)n2)CC1. The Balaban J connectivity index is 2.22. The first-order valence-electron chi connectivity index (χ1n) is 5.24. The summed E-state index contributed by atoms with van der Waals surface area (Å²) in [6.07, 6.45) is 1.44. The molecule has 1 aliphatic rings. The van der Waals surface area contributed by atoms with Crippen molar-refractivity contribution in [3.05, 3.63) is 23.9 Å². The average molecular weight is 207 g/mol. The van der Waals surface area contributed by atoms with E-state index in [4.69, 9.17) is 5.73 Å². The Hall–Kier alpha value is -1.13. The van der Waals surface area contributed by atoms with Crippen LogP contribution in [0.15, 0.2) is 18.2 Å². The van der Waals surface area contributed by atoms with Gasteiger partial charge < -0.3 is 15.7 Å².